The number of aliphatic hydroxyl groups excluding tert-OH is 1. The molecule has 0 aliphatic carbocycles. The summed E-state index contributed by atoms with van der Waals surface area (Å²) in [6.45, 7) is 3.30. The van der Waals surface area contributed by atoms with Crippen molar-refractivity contribution < 1.29 is 23.8 Å². The molecule has 30 heavy (non-hydrogen) atoms. The lowest BCUT2D eigenvalue weighted by molar-refractivity contribution is 0.0766. The molecule has 0 saturated carbocycles. The molecular formula is C22H26FN3O4. The Morgan fingerprint density at radius 2 is 2.00 bits per heavy atom. The van der Waals surface area contributed by atoms with E-state index in [9.17, 15) is 9.18 Å². The summed E-state index contributed by atoms with van der Waals surface area (Å²) in [7, 11) is 3.26. The fourth-order valence-corrected chi connectivity index (χ4v) is 3.25. The number of rotatable bonds is 9. The number of imidazole rings is 1. The van der Waals surface area contributed by atoms with Gasteiger partial charge in [-0.2, -0.15) is 0 Å². The van der Waals surface area contributed by atoms with Gasteiger partial charge in [-0.3, -0.25) is 4.79 Å². The van der Waals surface area contributed by atoms with Crippen LogP contribution in [-0.2, 0) is 17.9 Å². The first kappa shape index (κ1) is 21.7. The lowest BCUT2D eigenvalue weighted by atomic mass is 10.1. The van der Waals surface area contributed by atoms with Gasteiger partial charge in [-0.15, -0.1) is 0 Å². The first-order valence-corrected chi connectivity index (χ1v) is 9.68. The van der Waals surface area contributed by atoms with Crippen LogP contribution in [0.1, 0.15) is 21.7 Å². The monoisotopic (exact) mass is 415 g/mol. The number of hydrogen-bond donors (Lipinski definition) is 1. The van der Waals surface area contributed by atoms with E-state index in [2.05, 4.69) is 4.98 Å². The van der Waals surface area contributed by atoms with Gasteiger partial charge in [0.15, 0.2) is 0 Å². The third-order valence-corrected chi connectivity index (χ3v) is 4.85. The molecule has 0 aliphatic heterocycles. The predicted molar refractivity (Wildman–Crippen MR) is 111 cm³/mol. The molecule has 2 aromatic carbocycles. The number of likely N-dealkylation sites (N-methyl/N-ethyl adjacent to an activating group) is 1. The summed E-state index contributed by atoms with van der Waals surface area (Å²) in [5.41, 5.74) is 2.64. The number of methoxy groups -OCH3 is 1. The maximum Gasteiger partial charge on any atom is 0.253 e. The highest BCUT2D eigenvalue weighted by Crippen LogP contribution is 2.30. The van der Waals surface area contributed by atoms with Gasteiger partial charge in [0.05, 0.1) is 18.7 Å². The standard InChI is InChI=1S/C22H26FN3O4/c1-15-24-19-12-17(22(28)25(2)8-10-27)13-20(21(19)26(15)9-11-29-3)30-14-16-4-6-18(23)7-5-16/h4-7,12-13,27H,8-11,14H2,1-3H3. The summed E-state index contributed by atoms with van der Waals surface area (Å²) in [5, 5.41) is 9.14. The van der Waals surface area contributed by atoms with Gasteiger partial charge in [-0.1, -0.05) is 12.1 Å². The molecule has 0 saturated heterocycles. The van der Waals surface area contributed by atoms with Crippen LogP contribution in [0.15, 0.2) is 36.4 Å². The molecule has 7 nitrogen and oxygen atoms in total. The molecule has 1 amide bonds. The number of aryl methyl sites for hydroxylation is 1. The van der Waals surface area contributed by atoms with E-state index in [0.717, 1.165) is 16.9 Å². The largest absolute Gasteiger partial charge is 0.487 e. The SMILES string of the molecule is COCCn1c(C)nc2cc(C(=O)N(C)CCO)cc(OCc3ccc(F)cc3)c21. The van der Waals surface area contributed by atoms with E-state index in [1.165, 1.54) is 17.0 Å². The number of carbonyl (C=O) groups excluding carboxylic acids is 1. The van der Waals surface area contributed by atoms with Gasteiger partial charge in [0.1, 0.15) is 29.5 Å². The van der Waals surface area contributed by atoms with Crippen molar-refractivity contribution in [2.75, 3.05) is 33.9 Å². The Balaban J connectivity index is 2.02. The minimum Gasteiger partial charge on any atom is -0.487 e. The summed E-state index contributed by atoms with van der Waals surface area (Å²) in [4.78, 5) is 18.8. The molecular weight excluding hydrogens is 389 g/mol. The van der Waals surface area contributed by atoms with Crippen LogP contribution < -0.4 is 4.74 Å². The van der Waals surface area contributed by atoms with E-state index in [1.54, 1.807) is 38.4 Å². The molecule has 0 aliphatic rings. The van der Waals surface area contributed by atoms with Gasteiger partial charge >= 0.3 is 0 Å². The van der Waals surface area contributed by atoms with Gasteiger partial charge in [-0.25, -0.2) is 9.37 Å². The number of halogens is 1. The van der Waals surface area contributed by atoms with Gasteiger partial charge in [0.25, 0.3) is 5.91 Å². The minimum absolute atomic E-state index is 0.122. The van der Waals surface area contributed by atoms with Crippen LogP contribution in [0.25, 0.3) is 11.0 Å². The average Bonchev–Trinajstić information content (AvgIpc) is 3.06. The van der Waals surface area contributed by atoms with Gasteiger partial charge in [-0.05, 0) is 36.8 Å². The fraction of sp³-hybridized carbons (Fsp3) is 0.364. The number of aromatic nitrogens is 2. The first-order valence-electron chi connectivity index (χ1n) is 9.68. The van der Waals surface area contributed by atoms with E-state index >= 15 is 0 Å². The molecule has 1 N–H and O–H groups in total. The number of ether oxygens (including phenoxy) is 2. The third kappa shape index (κ3) is 4.77. The summed E-state index contributed by atoms with van der Waals surface area (Å²) in [5.74, 6) is 0.742. The number of hydrogen-bond acceptors (Lipinski definition) is 5. The fourth-order valence-electron chi connectivity index (χ4n) is 3.25. The van der Waals surface area contributed by atoms with E-state index in [4.69, 9.17) is 14.6 Å². The second kappa shape index (κ2) is 9.69. The molecule has 0 fully saturated rings. The maximum atomic E-state index is 13.2. The molecule has 0 unspecified atom stereocenters. The molecule has 1 heterocycles. The van der Waals surface area contributed by atoms with E-state index in [0.29, 0.717) is 30.0 Å². The van der Waals surface area contributed by atoms with Crippen LogP contribution in [0.2, 0.25) is 0 Å². The van der Waals surface area contributed by atoms with E-state index in [1.807, 2.05) is 11.5 Å². The average molecular weight is 415 g/mol. The van der Waals surface area contributed by atoms with Crippen LogP contribution in [0.5, 0.6) is 5.75 Å². The van der Waals surface area contributed by atoms with Crippen molar-refractivity contribution in [3.05, 3.63) is 59.2 Å². The second-order valence-corrected chi connectivity index (χ2v) is 7.01. The Morgan fingerprint density at radius 1 is 1.27 bits per heavy atom. The Kier molecular flexibility index (Phi) is 7.02. The summed E-state index contributed by atoms with van der Waals surface area (Å²) >= 11 is 0. The lowest BCUT2D eigenvalue weighted by Crippen LogP contribution is -2.29. The Morgan fingerprint density at radius 3 is 2.67 bits per heavy atom. The molecule has 0 bridgehead atoms. The predicted octanol–water partition coefficient (Wildman–Crippen LogP) is 2.77. The number of nitrogens with zero attached hydrogens (tertiary/aromatic N) is 3. The third-order valence-electron chi connectivity index (χ3n) is 4.85. The smallest absolute Gasteiger partial charge is 0.253 e. The summed E-state index contributed by atoms with van der Waals surface area (Å²) in [6, 6.07) is 9.49. The maximum absolute atomic E-state index is 13.2. The number of amides is 1. The molecule has 0 atom stereocenters. The molecule has 8 heteroatoms. The zero-order chi connectivity index (χ0) is 21.7. The second-order valence-electron chi connectivity index (χ2n) is 7.01. The normalized spacial score (nSPS) is 11.1. The van der Waals surface area contributed by atoms with Crippen molar-refractivity contribution in [2.24, 2.45) is 0 Å². The van der Waals surface area contributed by atoms with Crippen LogP contribution in [-0.4, -0.2) is 59.4 Å². The van der Waals surface area contributed by atoms with Gasteiger partial charge < -0.3 is 24.0 Å². The molecule has 0 radical (unpaired) electrons. The molecule has 0 spiro atoms. The van der Waals surface area contributed by atoms with Crippen molar-refractivity contribution in [1.82, 2.24) is 14.5 Å². The van der Waals surface area contributed by atoms with Crippen LogP contribution in [0.4, 0.5) is 4.39 Å². The van der Waals surface area contributed by atoms with Gasteiger partial charge in [0, 0.05) is 32.8 Å². The van der Waals surface area contributed by atoms with Crippen LogP contribution in [0.3, 0.4) is 0 Å². The summed E-state index contributed by atoms with van der Waals surface area (Å²) in [6.07, 6.45) is 0. The molecule has 1 aromatic heterocycles. The number of benzene rings is 2. The van der Waals surface area contributed by atoms with Crippen LogP contribution >= 0.6 is 0 Å². The molecule has 3 aromatic rings. The van der Waals surface area contributed by atoms with Gasteiger partial charge in [0.2, 0.25) is 0 Å². The minimum atomic E-state index is -0.311. The molecule has 3 rings (SSSR count). The zero-order valence-electron chi connectivity index (χ0n) is 17.4. The number of aliphatic hydroxyl groups is 1. The Bertz CT molecular complexity index is 1020. The van der Waals surface area contributed by atoms with Crippen molar-refractivity contribution >= 4 is 16.9 Å². The topological polar surface area (TPSA) is 76.8 Å². The van der Waals surface area contributed by atoms with E-state index in [-0.39, 0.29) is 31.5 Å². The van der Waals surface area contributed by atoms with E-state index < -0.39 is 0 Å². The Labute approximate surface area is 174 Å². The molecule has 160 valence electrons. The number of fused-ring (bicyclic) bond motifs is 1. The van der Waals surface area contributed by atoms with Crippen molar-refractivity contribution in [1.29, 1.82) is 0 Å². The van der Waals surface area contributed by atoms with Crippen molar-refractivity contribution in [3.8, 4) is 5.75 Å². The summed E-state index contributed by atoms with van der Waals surface area (Å²) < 4.78 is 26.5. The Hall–Kier alpha value is -2.97. The quantitative estimate of drug-likeness (QED) is 0.582. The highest BCUT2D eigenvalue weighted by Gasteiger charge is 2.19. The van der Waals surface area contributed by atoms with Crippen molar-refractivity contribution in [3.63, 3.8) is 0 Å². The zero-order valence-corrected chi connectivity index (χ0v) is 17.4. The lowest BCUT2D eigenvalue weighted by Gasteiger charge is -2.17. The van der Waals surface area contributed by atoms with Crippen LogP contribution in [0, 0.1) is 12.7 Å². The highest BCUT2D eigenvalue weighted by atomic mass is 19.1. The first-order chi connectivity index (χ1) is 14.4. The highest BCUT2D eigenvalue weighted by molar-refractivity contribution is 5.99. The number of carbonyl (C=O) groups is 1. The van der Waals surface area contributed by atoms with Crippen molar-refractivity contribution in [2.45, 2.75) is 20.1 Å².